The summed E-state index contributed by atoms with van der Waals surface area (Å²) in [6.45, 7) is 14.0. The molecule has 0 heterocycles. The van der Waals surface area contributed by atoms with Gasteiger partial charge in [0.15, 0.2) is 0 Å². The molecule has 5 N–H and O–H groups in total. The van der Waals surface area contributed by atoms with Crippen molar-refractivity contribution in [3.05, 3.63) is 36.0 Å². The second kappa shape index (κ2) is 9.96. The van der Waals surface area contributed by atoms with Crippen molar-refractivity contribution in [2.45, 2.75) is 47.1 Å². The maximum absolute atomic E-state index is 12.3. The van der Waals surface area contributed by atoms with Crippen LogP contribution >= 0.6 is 0 Å². The molecular formula is C20H32N4O4. The fourth-order valence-corrected chi connectivity index (χ4v) is 2.94. The van der Waals surface area contributed by atoms with E-state index in [0.717, 1.165) is 17.6 Å². The van der Waals surface area contributed by atoms with Gasteiger partial charge in [0.25, 0.3) is 5.91 Å². The van der Waals surface area contributed by atoms with Crippen LogP contribution in [0.5, 0.6) is 0 Å². The number of urea groups is 1. The van der Waals surface area contributed by atoms with Gasteiger partial charge in [0, 0.05) is 11.3 Å². The summed E-state index contributed by atoms with van der Waals surface area (Å²) in [6, 6.07) is -1.80. The van der Waals surface area contributed by atoms with E-state index < -0.39 is 24.1 Å². The monoisotopic (exact) mass is 392 g/mol. The third-order valence-corrected chi connectivity index (χ3v) is 4.84. The minimum absolute atomic E-state index is 0.108. The Hall–Kier alpha value is -2.77. The molecule has 0 aromatic heterocycles. The van der Waals surface area contributed by atoms with Crippen LogP contribution in [0.4, 0.5) is 9.59 Å². The molecule has 1 rings (SSSR count). The Kier molecular flexibility index (Phi) is 8.28. The zero-order valence-electron chi connectivity index (χ0n) is 17.3. The van der Waals surface area contributed by atoms with Gasteiger partial charge < -0.3 is 15.8 Å². The Bertz CT molecular complexity index is 680. The van der Waals surface area contributed by atoms with Crippen molar-refractivity contribution < 1.29 is 19.1 Å². The summed E-state index contributed by atoms with van der Waals surface area (Å²) in [7, 11) is 0. The van der Waals surface area contributed by atoms with Crippen LogP contribution in [0.1, 0.15) is 41.0 Å². The lowest BCUT2D eigenvalue weighted by Crippen LogP contribution is -2.55. The van der Waals surface area contributed by atoms with Crippen molar-refractivity contribution in [3.63, 3.8) is 0 Å². The highest BCUT2D eigenvalue weighted by molar-refractivity contribution is 5.87. The van der Waals surface area contributed by atoms with E-state index in [9.17, 15) is 14.4 Å². The Balaban J connectivity index is 2.76. The van der Waals surface area contributed by atoms with Gasteiger partial charge in [-0.15, -0.1) is 0 Å². The second-order valence-electron chi connectivity index (χ2n) is 7.70. The summed E-state index contributed by atoms with van der Waals surface area (Å²) in [6.07, 6.45) is 6.22. The fraction of sp³-hybridized carbons (Fsp3) is 0.550. The molecule has 0 fully saturated rings. The molecule has 0 aromatic carbocycles. The normalized spacial score (nSPS) is 19.3. The molecule has 0 bridgehead atoms. The number of allylic oxidation sites excluding steroid dienone is 3. The lowest BCUT2D eigenvalue weighted by molar-refractivity contribution is -0.124. The molecule has 0 saturated carbocycles. The van der Waals surface area contributed by atoms with E-state index in [1.807, 2.05) is 24.5 Å². The first-order chi connectivity index (χ1) is 13.0. The van der Waals surface area contributed by atoms with Crippen molar-refractivity contribution in [1.29, 1.82) is 0 Å². The van der Waals surface area contributed by atoms with E-state index in [-0.39, 0.29) is 23.9 Å². The molecule has 0 aliphatic heterocycles. The van der Waals surface area contributed by atoms with Crippen LogP contribution in [0.3, 0.4) is 0 Å². The molecule has 4 amide bonds. The van der Waals surface area contributed by atoms with Gasteiger partial charge in [0.05, 0.1) is 0 Å². The van der Waals surface area contributed by atoms with Gasteiger partial charge in [-0.1, -0.05) is 70.6 Å². The average Bonchev–Trinajstić information content (AvgIpc) is 2.71. The van der Waals surface area contributed by atoms with Crippen molar-refractivity contribution >= 4 is 18.0 Å². The first-order valence-electron chi connectivity index (χ1n) is 9.35. The zero-order chi connectivity index (χ0) is 21.5. The largest absolute Gasteiger partial charge is 0.449 e. The summed E-state index contributed by atoms with van der Waals surface area (Å²) >= 11 is 0. The number of nitrogens with two attached hydrogens (primary N) is 1. The quantitative estimate of drug-likeness (QED) is 0.410. The molecule has 156 valence electrons. The summed E-state index contributed by atoms with van der Waals surface area (Å²) in [5, 5.41) is 2.53. The van der Waals surface area contributed by atoms with E-state index in [4.69, 9.17) is 10.5 Å². The number of hydrogen-bond acceptors (Lipinski definition) is 4. The van der Waals surface area contributed by atoms with Crippen LogP contribution < -0.4 is 21.9 Å². The number of hydrogen-bond donors (Lipinski definition) is 4. The third-order valence-electron chi connectivity index (χ3n) is 4.84. The molecule has 0 aromatic rings. The van der Waals surface area contributed by atoms with Gasteiger partial charge in [0.1, 0.15) is 12.6 Å². The molecule has 1 unspecified atom stereocenters. The molecule has 0 saturated heterocycles. The summed E-state index contributed by atoms with van der Waals surface area (Å²) in [5.41, 5.74) is 10.9. The Morgan fingerprint density at radius 1 is 1.29 bits per heavy atom. The number of carbonyl (C=O) groups is 3. The Labute approximate surface area is 166 Å². The highest BCUT2D eigenvalue weighted by Crippen LogP contribution is 2.38. The molecule has 8 nitrogen and oxygen atoms in total. The van der Waals surface area contributed by atoms with Gasteiger partial charge in [-0.25, -0.2) is 15.0 Å². The van der Waals surface area contributed by atoms with Gasteiger partial charge in [0.2, 0.25) is 0 Å². The smallest absolute Gasteiger partial charge is 0.407 e. The van der Waals surface area contributed by atoms with Crippen molar-refractivity contribution in [3.8, 4) is 0 Å². The van der Waals surface area contributed by atoms with E-state index in [2.05, 4.69) is 37.2 Å². The van der Waals surface area contributed by atoms with Crippen LogP contribution in [-0.2, 0) is 9.53 Å². The molecular weight excluding hydrogens is 360 g/mol. The average molecular weight is 393 g/mol. The molecule has 1 aliphatic carbocycles. The van der Waals surface area contributed by atoms with E-state index in [1.165, 1.54) is 0 Å². The standard InChI is InChI=1S/C20H32N4O4/c1-7-14-9-8-10-20(5,6)13(4)15(14)11-28-19(27)22-16(12(2)3)17(25)23-24-18(21)26/h8-10,12,15-16H,4,7,11H2,1-3,5-6H3,(H,22,27)(H,23,25)(H3,21,24,26)/t15?,16-/m0/s1. The maximum Gasteiger partial charge on any atom is 0.407 e. The summed E-state index contributed by atoms with van der Waals surface area (Å²) in [4.78, 5) is 35.2. The zero-order valence-corrected chi connectivity index (χ0v) is 17.3. The SMILES string of the molecule is C=C1C(COC(=O)N[C@H](C(=O)NNC(N)=O)C(C)C)C(CC)=CC=CC1(C)C. The van der Waals surface area contributed by atoms with Crippen molar-refractivity contribution in [1.82, 2.24) is 16.2 Å². The molecule has 8 heteroatoms. The lowest BCUT2D eigenvalue weighted by atomic mass is 9.76. The number of rotatable bonds is 6. The third kappa shape index (κ3) is 6.44. The van der Waals surface area contributed by atoms with Gasteiger partial charge in [-0.05, 0) is 12.3 Å². The number of amides is 4. The number of hydrazine groups is 1. The number of ether oxygens (including phenoxy) is 1. The Morgan fingerprint density at radius 2 is 1.93 bits per heavy atom. The fourth-order valence-electron chi connectivity index (χ4n) is 2.94. The molecule has 2 atom stereocenters. The summed E-state index contributed by atoms with van der Waals surface area (Å²) in [5.74, 6) is -0.933. The number of alkyl carbamates (subject to hydrolysis) is 1. The molecule has 0 spiro atoms. The van der Waals surface area contributed by atoms with E-state index in [0.29, 0.717) is 0 Å². The van der Waals surface area contributed by atoms with Crippen LogP contribution in [0, 0.1) is 17.3 Å². The minimum atomic E-state index is -0.902. The van der Waals surface area contributed by atoms with Crippen LogP contribution in [0.15, 0.2) is 36.0 Å². The molecule has 1 aliphatic rings. The first-order valence-corrected chi connectivity index (χ1v) is 9.35. The topological polar surface area (TPSA) is 123 Å². The van der Waals surface area contributed by atoms with E-state index in [1.54, 1.807) is 13.8 Å². The van der Waals surface area contributed by atoms with Gasteiger partial charge >= 0.3 is 12.1 Å². The number of carbonyl (C=O) groups excluding carboxylic acids is 3. The highest BCUT2D eigenvalue weighted by atomic mass is 16.5. The van der Waals surface area contributed by atoms with E-state index >= 15 is 0 Å². The number of primary amides is 1. The van der Waals surface area contributed by atoms with Crippen LogP contribution in [-0.4, -0.2) is 30.7 Å². The predicted molar refractivity (Wildman–Crippen MR) is 108 cm³/mol. The lowest BCUT2D eigenvalue weighted by Gasteiger charge is -2.30. The minimum Gasteiger partial charge on any atom is -0.449 e. The number of nitrogens with one attached hydrogen (secondary N) is 3. The van der Waals surface area contributed by atoms with Gasteiger partial charge in [-0.2, -0.15) is 0 Å². The van der Waals surface area contributed by atoms with Crippen LogP contribution in [0.25, 0.3) is 0 Å². The Morgan fingerprint density at radius 3 is 2.46 bits per heavy atom. The molecule has 0 radical (unpaired) electrons. The maximum atomic E-state index is 12.3. The van der Waals surface area contributed by atoms with Gasteiger partial charge in [-0.3, -0.25) is 10.2 Å². The predicted octanol–water partition coefficient (Wildman–Crippen LogP) is 2.54. The highest BCUT2D eigenvalue weighted by Gasteiger charge is 2.31. The van der Waals surface area contributed by atoms with Crippen molar-refractivity contribution in [2.24, 2.45) is 23.0 Å². The van der Waals surface area contributed by atoms with Crippen LogP contribution in [0.2, 0.25) is 0 Å². The first kappa shape index (κ1) is 23.3. The molecule has 28 heavy (non-hydrogen) atoms. The van der Waals surface area contributed by atoms with Crippen molar-refractivity contribution in [2.75, 3.05) is 6.61 Å². The second-order valence-corrected chi connectivity index (χ2v) is 7.70. The summed E-state index contributed by atoms with van der Waals surface area (Å²) < 4.78 is 5.42.